The van der Waals surface area contributed by atoms with E-state index in [0.29, 0.717) is 22.3 Å². The van der Waals surface area contributed by atoms with Crippen LogP contribution in [0.4, 0.5) is 5.69 Å². The fourth-order valence-electron chi connectivity index (χ4n) is 4.06. The molecule has 0 radical (unpaired) electrons. The van der Waals surface area contributed by atoms with Crippen LogP contribution in [-0.4, -0.2) is 48.4 Å². The Bertz CT molecular complexity index is 966. The summed E-state index contributed by atoms with van der Waals surface area (Å²) in [5, 5.41) is 3.68. The van der Waals surface area contributed by atoms with Crippen LogP contribution in [0, 0.1) is 0 Å². The van der Waals surface area contributed by atoms with Crippen LogP contribution >= 0.6 is 23.2 Å². The predicted octanol–water partition coefficient (Wildman–Crippen LogP) is 5.34. The second-order valence-electron chi connectivity index (χ2n) is 7.69. The lowest BCUT2D eigenvalue weighted by molar-refractivity contribution is -0.117. The van der Waals surface area contributed by atoms with Gasteiger partial charge in [-0.1, -0.05) is 89.9 Å². The lowest BCUT2D eigenvalue weighted by Gasteiger charge is -2.39. The third-order valence-electron chi connectivity index (χ3n) is 5.60. The monoisotopic (exact) mass is 453 g/mol. The number of rotatable bonds is 6. The van der Waals surface area contributed by atoms with Crippen LogP contribution in [-0.2, 0) is 4.79 Å². The highest BCUT2D eigenvalue weighted by Crippen LogP contribution is 2.30. The Balaban J connectivity index is 1.39. The molecule has 160 valence electrons. The number of carbonyl (C=O) groups excluding carboxylic acids is 1. The van der Waals surface area contributed by atoms with Crippen molar-refractivity contribution in [2.24, 2.45) is 0 Å². The zero-order chi connectivity index (χ0) is 21.6. The molecule has 1 amide bonds. The second-order valence-corrected chi connectivity index (χ2v) is 8.47. The minimum Gasteiger partial charge on any atom is -0.324 e. The quantitative estimate of drug-likeness (QED) is 0.546. The van der Waals surface area contributed by atoms with Crippen molar-refractivity contribution in [3.63, 3.8) is 0 Å². The fraction of sp³-hybridized carbons (Fsp3) is 0.240. The molecule has 4 rings (SSSR count). The molecule has 1 heterocycles. The molecule has 0 atom stereocenters. The molecule has 1 aliphatic heterocycles. The molecule has 0 aliphatic carbocycles. The van der Waals surface area contributed by atoms with Crippen molar-refractivity contribution in [1.29, 1.82) is 0 Å². The third-order valence-corrected chi connectivity index (χ3v) is 6.41. The Morgan fingerprint density at radius 1 is 0.806 bits per heavy atom. The van der Waals surface area contributed by atoms with E-state index in [1.807, 2.05) is 12.1 Å². The number of nitrogens with one attached hydrogen (secondary N) is 1. The summed E-state index contributed by atoms with van der Waals surface area (Å²) in [6.07, 6.45) is 0. The van der Waals surface area contributed by atoms with Gasteiger partial charge in [0.1, 0.15) is 0 Å². The minimum atomic E-state index is -0.0831. The molecule has 0 aromatic heterocycles. The third kappa shape index (κ3) is 5.46. The highest BCUT2D eigenvalue weighted by molar-refractivity contribution is 6.44. The van der Waals surface area contributed by atoms with Gasteiger partial charge < -0.3 is 5.32 Å². The van der Waals surface area contributed by atoms with Crippen LogP contribution in [0.2, 0.25) is 10.0 Å². The molecular weight excluding hydrogens is 429 g/mol. The van der Waals surface area contributed by atoms with E-state index in [1.165, 1.54) is 11.1 Å². The number of benzene rings is 3. The van der Waals surface area contributed by atoms with E-state index in [2.05, 4.69) is 63.6 Å². The fourth-order valence-corrected chi connectivity index (χ4v) is 4.41. The molecule has 0 unspecified atom stereocenters. The Morgan fingerprint density at radius 2 is 1.39 bits per heavy atom. The first-order valence-corrected chi connectivity index (χ1v) is 11.2. The number of amides is 1. The molecule has 0 bridgehead atoms. The SMILES string of the molecule is O=C(CN1CCN(C(c2ccccc2)c2ccccc2)CC1)Nc1cccc(Cl)c1Cl. The first-order chi connectivity index (χ1) is 15.1. The van der Waals surface area contributed by atoms with Gasteiger partial charge in [-0.25, -0.2) is 0 Å². The van der Waals surface area contributed by atoms with E-state index in [1.54, 1.807) is 18.2 Å². The number of piperazine rings is 1. The standard InChI is InChI=1S/C25H25Cl2N3O/c26-21-12-7-13-22(24(21)27)28-23(31)18-29-14-16-30(17-15-29)25(19-8-3-1-4-9-19)20-10-5-2-6-11-20/h1-13,25H,14-18H2,(H,28,31). The van der Waals surface area contributed by atoms with Crippen LogP contribution in [0.25, 0.3) is 0 Å². The van der Waals surface area contributed by atoms with Crippen molar-refractivity contribution in [3.05, 3.63) is 100 Å². The minimum absolute atomic E-state index is 0.0831. The molecule has 31 heavy (non-hydrogen) atoms. The van der Waals surface area contributed by atoms with Crippen LogP contribution in [0.15, 0.2) is 78.9 Å². The Morgan fingerprint density at radius 3 is 1.97 bits per heavy atom. The molecule has 1 N–H and O–H groups in total. The summed E-state index contributed by atoms with van der Waals surface area (Å²) in [5.41, 5.74) is 3.12. The van der Waals surface area contributed by atoms with Crippen molar-refractivity contribution in [2.75, 3.05) is 38.0 Å². The van der Waals surface area contributed by atoms with Crippen LogP contribution in [0.3, 0.4) is 0 Å². The first-order valence-electron chi connectivity index (χ1n) is 10.4. The van der Waals surface area contributed by atoms with E-state index in [-0.39, 0.29) is 11.9 Å². The summed E-state index contributed by atoms with van der Waals surface area (Å²) >= 11 is 12.2. The average molecular weight is 454 g/mol. The maximum Gasteiger partial charge on any atom is 0.238 e. The number of carbonyl (C=O) groups is 1. The summed E-state index contributed by atoms with van der Waals surface area (Å²) in [6.45, 7) is 3.76. The summed E-state index contributed by atoms with van der Waals surface area (Å²) in [7, 11) is 0. The maximum atomic E-state index is 12.5. The molecule has 6 heteroatoms. The van der Waals surface area contributed by atoms with E-state index in [9.17, 15) is 4.79 Å². The normalized spacial score (nSPS) is 15.2. The largest absolute Gasteiger partial charge is 0.324 e. The average Bonchev–Trinajstić information content (AvgIpc) is 2.80. The molecule has 1 saturated heterocycles. The lowest BCUT2D eigenvalue weighted by atomic mass is 9.96. The molecule has 0 spiro atoms. The molecule has 1 fully saturated rings. The van der Waals surface area contributed by atoms with Crippen molar-refractivity contribution in [2.45, 2.75) is 6.04 Å². The van der Waals surface area contributed by atoms with Crippen LogP contribution < -0.4 is 5.32 Å². The molecule has 3 aromatic carbocycles. The smallest absolute Gasteiger partial charge is 0.238 e. The summed E-state index contributed by atoms with van der Waals surface area (Å²) in [6, 6.07) is 26.7. The van der Waals surface area contributed by atoms with Gasteiger partial charge >= 0.3 is 0 Å². The Labute approximate surface area is 193 Å². The van der Waals surface area contributed by atoms with Gasteiger partial charge in [0.2, 0.25) is 5.91 Å². The lowest BCUT2D eigenvalue weighted by Crippen LogP contribution is -2.49. The van der Waals surface area contributed by atoms with Crippen LogP contribution in [0.1, 0.15) is 17.2 Å². The predicted molar refractivity (Wildman–Crippen MR) is 128 cm³/mol. The molecule has 3 aromatic rings. The number of anilines is 1. The number of nitrogens with zero attached hydrogens (tertiary/aromatic N) is 2. The molecular formula is C25H25Cl2N3O. The van der Waals surface area contributed by atoms with Crippen molar-refractivity contribution < 1.29 is 4.79 Å². The Hall–Kier alpha value is -2.37. The van der Waals surface area contributed by atoms with Gasteiger partial charge in [-0.15, -0.1) is 0 Å². The van der Waals surface area contributed by atoms with Gasteiger partial charge in [0.05, 0.1) is 28.3 Å². The zero-order valence-electron chi connectivity index (χ0n) is 17.2. The van der Waals surface area contributed by atoms with Crippen molar-refractivity contribution >= 4 is 34.8 Å². The van der Waals surface area contributed by atoms with E-state index in [4.69, 9.17) is 23.2 Å². The van der Waals surface area contributed by atoms with Gasteiger partial charge in [0, 0.05) is 26.2 Å². The molecule has 0 saturated carbocycles. The second kappa shape index (κ2) is 10.3. The molecule has 4 nitrogen and oxygen atoms in total. The number of hydrogen-bond acceptors (Lipinski definition) is 3. The van der Waals surface area contributed by atoms with E-state index < -0.39 is 0 Å². The Kier molecular flexibility index (Phi) is 7.25. The summed E-state index contributed by atoms with van der Waals surface area (Å²) in [4.78, 5) is 17.2. The molecule has 1 aliphatic rings. The number of hydrogen-bond donors (Lipinski definition) is 1. The van der Waals surface area contributed by atoms with Gasteiger partial charge in [-0.05, 0) is 23.3 Å². The number of halogens is 2. The van der Waals surface area contributed by atoms with Crippen molar-refractivity contribution in [1.82, 2.24) is 9.80 Å². The van der Waals surface area contributed by atoms with Gasteiger partial charge in [0.25, 0.3) is 0 Å². The van der Waals surface area contributed by atoms with E-state index in [0.717, 1.165) is 26.2 Å². The topological polar surface area (TPSA) is 35.6 Å². The van der Waals surface area contributed by atoms with E-state index >= 15 is 0 Å². The highest BCUT2D eigenvalue weighted by Gasteiger charge is 2.27. The van der Waals surface area contributed by atoms with Crippen molar-refractivity contribution in [3.8, 4) is 0 Å². The van der Waals surface area contributed by atoms with Gasteiger partial charge in [-0.2, -0.15) is 0 Å². The highest BCUT2D eigenvalue weighted by atomic mass is 35.5. The van der Waals surface area contributed by atoms with Crippen LogP contribution in [0.5, 0.6) is 0 Å². The van der Waals surface area contributed by atoms with Gasteiger partial charge in [-0.3, -0.25) is 14.6 Å². The maximum absolute atomic E-state index is 12.5. The van der Waals surface area contributed by atoms with Gasteiger partial charge in [0.15, 0.2) is 0 Å². The summed E-state index contributed by atoms with van der Waals surface area (Å²) < 4.78 is 0. The summed E-state index contributed by atoms with van der Waals surface area (Å²) in [5.74, 6) is -0.0831. The first kappa shape index (κ1) is 21.8. The zero-order valence-corrected chi connectivity index (χ0v) is 18.7.